The lowest BCUT2D eigenvalue weighted by molar-refractivity contribution is 0.491. The van der Waals surface area contributed by atoms with E-state index in [9.17, 15) is 0 Å². The molecule has 0 radical (unpaired) electrons. The first-order valence-corrected chi connectivity index (χ1v) is 11.2. The average Bonchev–Trinajstić information content (AvgIpc) is 2.44. The quantitative estimate of drug-likeness (QED) is 0.681. The van der Waals surface area contributed by atoms with Crippen LogP contribution >= 0.6 is 0 Å². The molecule has 0 amide bonds. The van der Waals surface area contributed by atoms with Crippen molar-refractivity contribution in [3.63, 3.8) is 0 Å². The van der Waals surface area contributed by atoms with E-state index in [1.807, 2.05) is 0 Å². The van der Waals surface area contributed by atoms with E-state index in [1.54, 1.807) is 0 Å². The molecule has 23 heavy (non-hydrogen) atoms. The summed E-state index contributed by atoms with van der Waals surface area (Å²) in [6.07, 6.45) is 0. The van der Waals surface area contributed by atoms with Crippen molar-refractivity contribution < 1.29 is 4.43 Å². The normalized spacial score (nSPS) is 12.1. The van der Waals surface area contributed by atoms with Crippen LogP contribution in [0.15, 0.2) is 48.5 Å². The van der Waals surface area contributed by atoms with Crippen LogP contribution in [0.4, 0.5) is 5.69 Å². The summed E-state index contributed by atoms with van der Waals surface area (Å²) in [5, 5.41) is 3.69. The molecule has 0 aliphatic rings. The number of benzene rings is 2. The molecule has 0 bridgehead atoms. The van der Waals surface area contributed by atoms with Crippen LogP contribution in [-0.4, -0.2) is 8.32 Å². The van der Waals surface area contributed by atoms with Crippen molar-refractivity contribution in [2.24, 2.45) is 0 Å². The van der Waals surface area contributed by atoms with Crippen molar-refractivity contribution in [2.45, 2.75) is 52.4 Å². The van der Waals surface area contributed by atoms with E-state index in [1.165, 1.54) is 11.1 Å². The number of nitrogens with one attached hydrogen (secondary N) is 1. The predicted molar refractivity (Wildman–Crippen MR) is 103 cm³/mol. The SMILES string of the molecule is Cc1cccc(NCc2cccc(O[Si](C)(C)C(C)(C)C)c2)c1. The second-order valence-electron chi connectivity index (χ2n) is 7.73. The Kier molecular flexibility index (Phi) is 5.20. The summed E-state index contributed by atoms with van der Waals surface area (Å²) in [4.78, 5) is 0. The average molecular weight is 328 g/mol. The number of hydrogen-bond donors (Lipinski definition) is 1. The van der Waals surface area contributed by atoms with Gasteiger partial charge in [0.25, 0.3) is 0 Å². The highest BCUT2D eigenvalue weighted by atomic mass is 28.4. The van der Waals surface area contributed by atoms with Gasteiger partial charge in [0, 0.05) is 12.2 Å². The van der Waals surface area contributed by atoms with E-state index >= 15 is 0 Å². The Hall–Kier alpha value is -1.74. The molecular formula is C20H29NOSi. The molecule has 0 unspecified atom stereocenters. The minimum Gasteiger partial charge on any atom is -0.543 e. The Morgan fingerprint density at radius 2 is 1.70 bits per heavy atom. The number of rotatable bonds is 5. The van der Waals surface area contributed by atoms with Crippen LogP contribution in [0.5, 0.6) is 5.75 Å². The Labute approximate surface area is 142 Å². The zero-order chi connectivity index (χ0) is 17.1. The lowest BCUT2D eigenvalue weighted by atomic mass is 10.2. The Bertz CT molecular complexity index is 659. The molecule has 0 aliphatic carbocycles. The third-order valence-electron chi connectivity index (χ3n) is 4.59. The number of hydrogen-bond acceptors (Lipinski definition) is 2. The van der Waals surface area contributed by atoms with Crippen molar-refractivity contribution in [3.8, 4) is 5.75 Å². The van der Waals surface area contributed by atoms with E-state index in [0.717, 1.165) is 18.0 Å². The van der Waals surface area contributed by atoms with Crippen molar-refractivity contribution >= 4 is 14.0 Å². The van der Waals surface area contributed by atoms with Crippen molar-refractivity contribution in [1.29, 1.82) is 0 Å². The van der Waals surface area contributed by atoms with Crippen LogP contribution in [0.25, 0.3) is 0 Å². The van der Waals surface area contributed by atoms with E-state index in [2.05, 4.69) is 94.6 Å². The van der Waals surface area contributed by atoms with Gasteiger partial charge in [-0.25, -0.2) is 0 Å². The molecule has 124 valence electrons. The molecule has 0 spiro atoms. The smallest absolute Gasteiger partial charge is 0.250 e. The summed E-state index contributed by atoms with van der Waals surface area (Å²) in [5.74, 6) is 0.986. The second kappa shape index (κ2) is 6.79. The van der Waals surface area contributed by atoms with Gasteiger partial charge in [-0.1, -0.05) is 45.0 Å². The number of anilines is 1. The third kappa shape index (κ3) is 4.86. The molecule has 2 rings (SSSR count). The molecule has 0 aliphatic heterocycles. The lowest BCUT2D eigenvalue weighted by Gasteiger charge is -2.36. The number of aryl methyl sites for hydroxylation is 1. The Morgan fingerprint density at radius 3 is 2.35 bits per heavy atom. The van der Waals surface area contributed by atoms with Crippen LogP contribution in [0.1, 0.15) is 31.9 Å². The molecule has 0 fully saturated rings. The van der Waals surface area contributed by atoms with Gasteiger partial charge in [0.05, 0.1) is 0 Å². The second-order valence-corrected chi connectivity index (χ2v) is 12.5. The molecule has 0 atom stereocenters. The fourth-order valence-electron chi connectivity index (χ4n) is 2.13. The van der Waals surface area contributed by atoms with Gasteiger partial charge < -0.3 is 9.74 Å². The van der Waals surface area contributed by atoms with E-state index in [0.29, 0.717) is 0 Å². The fourth-order valence-corrected chi connectivity index (χ4v) is 3.15. The zero-order valence-corrected chi connectivity index (χ0v) is 16.2. The molecule has 0 saturated carbocycles. The van der Waals surface area contributed by atoms with Crippen LogP contribution in [0.2, 0.25) is 18.1 Å². The van der Waals surface area contributed by atoms with Gasteiger partial charge in [-0.2, -0.15) is 0 Å². The highest BCUT2D eigenvalue weighted by Gasteiger charge is 2.38. The molecule has 2 aromatic carbocycles. The first-order chi connectivity index (χ1) is 10.7. The summed E-state index contributed by atoms with van der Waals surface area (Å²) in [5.41, 5.74) is 3.66. The summed E-state index contributed by atoms with van der Waals surface area (Å²) in [6.45, 7) is 14.3. The highest BCUT2D eigenvalue weighted by Crippen LogP contribution is 2.37. The topological polar surface area (TPSA) is 21.3 Å². The van der Waals surface area contributed by atoms with Gasteiger partial charge in [-0.3, -0.25) is 0 Å². The van der Waals surface area contributed by atoms with Crippen molar-refractivity contribution in [3.05, 3.63) is 59.7 Å². The molecule has 0 heterocycles. The van der Waals surface area contributed by atoms with Gasteiger partial charge in [0.15, 0.2) is 0 Å². The van der Waals surface area contributed by atoms with Gasteiger partial charge >= 0.3 is 0 Å². The minimum atomic E-state index is -1.78. The van der Waals surface area contributed by atoms with Crippen molar-refractivity contribution in [2.75, 3.05) is 5.32 Å². The van der Waals surface area contributed by atoms with Gasteiger partial charge in [-0.15, -0.1) is 0 Å². The largest absolute Gasteiger partial charge is 0.543 e. The highest BCUT2D eigenvalue weighted by molar-refractivity contribution is 6.74. The maximum atomic E-state index is 6.39. The molecule has 0 aromatic heterocycles. The van der Waals surface area contributed by atoms with Gasteiger partial charge in [0.1, 0.15) is 5.75 Å². The maximum Gasteiger partial charge on any atom is 0.250 e. The predicted octanol–water partition coefficient (Wildman–Crippen LogP) is 5.99. The van der Waals surface area contributed by atoms with E-state index in [-0.39, 0.29) is 5.04 Å². The van der Waals surface area contributed by atoms with Gasteiger partial charge in [0.2, 0.25) is 8.32 Å². The standard InChI is InChI=1S/C20H29NOSi/c1-16-9-7-11-18(13-16)21-15-17-10-8-12-19(14-17)22-23(5,6)20(2,3)4/h7-14,21H,15H2,1-6H3. The van der Waals surface area contributed by atoms with E-state index in [4.69, 9.17) is 4.43 Å². The summed E-state index contributed by atoms with van der Waals surface area (Å²) < 4.78 is 6.39. The molecule has 0 saturated heterocycles. The molecule has 2 nitrogen and oxygen atoms in total. The molecule has 1 N–H and O–H groups in total. The zero-order valence-electron chi connectivity index (χ0n) is 15.2. The van der Waals surface area contributed by atoms with Crippen LogP contribution < -0.4 is 9.74 Å². The molecular weight excluding hydrogens is 298 g/mol. The first kappa shape index (κ1) is 17.6. The molecule has 2 aromatic rings. The van der Waals surface area contributed by atoms with Crippen LogP contribution in [0, 0.1) is 6.92 Å². The van der Waals surface area contributed by atoms with Crippen molar-refractivity contribution in [1.82, 2.24) is 0 Å². The molecule has 3 heteroatoms. The Balaban J connectivity index is 2.05. The monoisotopic (exact) mass is 327 g/mol. The Morgan fingerprint density at radius 1 is 1.00 bits per heavy atom. The first-order valence-electron chi connectivity index (χ1n) is 8.26. The fraction of sp³-hybridized carbons (Fsp3) is 0.400. The minimum absolute atomic E-state index is 0.211. The summed E-state index contributed by atoms with van der Waals surface area (Å²) >= 11 is 0. The van der Waals surface area contributed by atoms with E-state index < -0.39 is 8.32 Å². The maximum absolute atomic E-state index is 6.39. The van der Waals surface area contributed by atoms with Crippen LogP contribution in [-0.2, 0) is 6.54 Å². The third-order valence-corrected chi connectivity index (χ3v) is 8.95. The lowest BCUT2D eigenvalue weighted by Crippen LogP contribution is -2.43. The van der Waals surface area contributed by atoms with Gasteiger partial charge in [-0.05, 0) is 60.4 Å². The van der Waals surface area contributed by atoms with Crippen LogP contribution in [0.3, 0.4) is 0 Å². The summed E-state index contributed by atoms with van der Waals surface area (Å²) in [6, 6.07) is 16.9. The summed E-state index contributed by atoms with van der Waals surface area (Å²) in [7, 11) is -1.78.